The Morgan fingerprint density at radius 1 is 1.35 bits per heavy atom. The van der Waals surface area contributed by atoms with Crippen LogP contribution in [0.5, 0.6) is 0 Å². The van der Waals surface area contributed by atoms with Crippen molar-refractivity contribution in [2.24, 2.45) is 0 Å². The van der Waals surface area contributed by atoms with Gasteiger partial charge in [0.15, 0.2) is 0 Å². The first-order valence-electron chi connectivity index (χ1n) is 7.73. The van der Waals surface area contributed by atoms with E-state index in [-0.39, 0.29) is 0 Å². The third kappa shape index (κ3) is 3.93. The molecule has 0 saturated carbocycles. The zero-order chi connectivity index (χ0) is 15.3. The van der Waals surface area contributed by atoms with Gasteiger partial charge in [-0.1, -0.05) is 6.92 Å². The molecule has 3 atom stereocenters. The van der Waals surface area contributed by atoms with Crippen molar-refractivity contribution in [3.05, 3.63) is 0 Å². The molecule has 2 N–H and O–H groups in total. The summed E-state index contributed by atoms with van der Waals surface area (Å²) in [7, 11) is 3.93. The molecule has 0 bridgehead atoms. The van der Waals surface area contributed by atoms with E-state index in [9.17, 15) is 9.90 Å². The number of hydrogen-bond acceptors (Lipinski definition) is 4. The van der Waals surface area contributed by atoms with Crippen LogP contribution in [-0.2, 0) is 4.79 Å². The van der Waals surface area contributed by atoms with Crippen LogP contribution in [0, 0.1) is 0 Å². The predicted octanol–water partition coefficient (Wildman–Crippen LogP) is 1.24. The number of nitrogens with one attached hydrogen (secondary N) is 1. The molecule has 1 saturated heterocycles. The Labute approximate surface area is 123 Å². The summed E-state index contributed by atoms with van der Waals surface area (Å²) in [6, 6.07) is 1.14. The average molecular weight is 285 g/mol. The largest absolute Gasteiger partial charge is 0.480 e. The van der Waals surface area contributed by atoms with Gasteiger partial charge in [-0.3, -0.25) is 9.69 Å². The van der Waals surface area contributed by atoms with Gasteiger partial charge in [-0.2, -0.15) is 0 Å². The lowest BCUT2D eigenvalue weighted by molar-refractivity contribution is -0.145. The molecule has 1 heterocycles. The van der Waals surface area contributed by atoms with Crippen molar-refractivity contribution in [1.29, 1.82) is 0 Å². The summed E-state index contributed by atoms with van der Waals surface area (Å²) < 4.78 is 0. The van der Waals surface area contributed by atoms with Crippen LogP contribution in [0.3, 0.4) is 0 Å². The van der Waals surface area contributed by atoms with Gasteiger partial charge in [0.25, 0.3) is 0 Å². The first kappa shape index (κ1) is 17.4. The van der Waals surface area contributed by atoms with E-state index in [4.69, 9.17) is 0 Å². The van der Waals surface area contributed by atoms with Gasteiger partial charge in [0.2, 0.25) is 0 Å². The second-order valence-corrected chi connectivity index (χ2v) is 6.22. The minimum Gasteiger partial charge on any atom is -0.480 e. The van der Waals surface area contributed by atoms with Crippen molar-refractivity contribution in [2.75, 3.05) is 33.7 Å². The minimum atomic E-state index is -0.760. The zero-order valence-electron chi connectivity index (χ0n) is 13.6. The van der Waals surface area contributed by atoms with Crippen molar-refractivity contribution >= 4 is 5.97 Å². The molecule has 0 radical (unpaired) electrons. The molecule has 118 valence electrons. The summed E-state index contributed by atoms with van der Waals surface area (Å²) in [5.41, 5.74) is -0.760. The van der Waals surface area contributed by atoms with Crippen LogP contribution in [0.2, 0.25) is 0 Å². The van der Waals surface area contributed by atoms with E-state index in [1.54, 1.807) is 7.05 Å². The molecule has 1 fully saturated rings. The van der Waals surface area contributed by atoms with Gasteiger partial charge in [-0.05, 0) is 53.8 Å². The Kier molecular flexibility index (Phi) is 6.43. The first-order valence-corrected chi connectivity index (χ1v) is 7.73. The number of likely N-dealkylation sites (N-methyl/N-ethyl adjacent to an activating group) is 2. The van der Waals surface area contributed by atoms with E-state index >= 15 is 0 Å². The Morgan fingerprint density at radius 3 is 2.30 bits per heavy atom. The number of rotatable bonds is 7. The van der Waals surface area contributed by atoms with Crippen LogP contribution in [0.25, 0.3) is 0 Å². The quantitative estimate of drug-likeness (QED) is 0.737. The molecule has 0 amide bonds. The van der Waals surface area contributed by atoms with E-state index < -0.39 is 11.5 Å². The topological polar surface area (TPSA) is 55.8 Å². The van der Waals surface area contributed by atoms with Gasteiger partial charge in [0.05, 0.1) is 0 Å². The number of nitrogens with zero attached hydrogens (tertiary/aromatic N) is 2. The maximum absolute atomic E-state index is 11.4. The van der Waals surface area contributed by atoms with Crippen LogP contribution in [-0.4, -0.2) is 72.2 Å². The highest BCUT2D eigenvalue weighted by Crippen LogP contribution is 2.19. The fraction of sp³-hybridized carbons (Fsp3) is 0.933. The minimum absolute atomic E-state index is 0.568. The standard InChI is InChI=1S/C15H31N3O2/c1-6-15(16-4,14(19)20)8-7-9-18-10-12(2)17(5)13(3)11-18/h12-13,16H,6-11H2,1-5H3,(H,19,20). The average Bonchev–Trinajstić information content (AvgIpc) is 2.41. The molecule has 0 aliphatic carbocycles. The molecule has 0 aromatic heterocycles. The van der Waals surface area contributed by atoms with Gasteiger partial charge in [0, 0.05) is 25.2 Å². The van der Waals surface area contributed by atoms with Crippen molar-refractivity contribution in [3.63, 3.8) is 0 Å². The SMILES string of the molecule is CCC(CCCN1CC(C)N(C)C(C)C1)(NC)C(=O)O. The highest BCUT2D eigenvalue weighted by atomic mass is 16.4. The number of piperazine rings is 1. The van der Waals surface area contributed by atoms with Gasteiger partial charge >= 0.3 is 5.97 Å². The van der Waals surface area contributed by atoms with Crippen LogP contribution in [0.4, 0.5) is 0 Å². The van der Waals surface area contributed by atoms with Crippen molar-refractivity contribution < 1.29 is 9.90 Å². The van der Waals surface area contributed by atoms with E-state index in [1.807, 2.05) is 6.92 Å². The highest BCUT2D eigenvalue weighted by molar-refractivity contribution is 5.78. The Morgan fingerprint density at radius 2 is 1.90 bits per heavy atom. The van der Waals surface area contributed by atoms with Crippen LogP contribution >= 0.6 is 0 Å². The molecule has 1 aliphatic rings. The molecule has 3 unspecified atom stereocenters. The lowest BCUT2D eigenvalue weighted by atomic mass is 9.90. The van der Waals surface area contributed by atoms with Gasteiger partial charge in [0.1, 0.15) is 5.54 Å². The second kappa shape index (κ2) is 7.38. The first-order chi connectivity index (χ1) is 9.36. The third-order valence-electron chi connectivity index (χ3n) is 5.00. The number of carboxylic acids is 1. The number of carbonyl (C=O) groups is 1. The normalized spacial score (nSPS) is 28.2. The van der Waals surface area contributed by atoms with E-state index in [0.717, 1.165) is 26.1 Å². The summed E-state index contributed by atoms with van der Waals surface area (Å²) >= 11 is 0. The molecule has 1 rings (SSSR count). The Hall–Kier alpha value is -0.650. The monoisotopic (exact) mass is 285 g/mol. The fourth-order valence-corrected chi connectivity index (χ4v) is 3.14. The molecule has 0 aromatic carbocycles. The van der Waals surface area contributed by atoms with Crippen molar-refractivity contribution in [1.82, 2.24) is 15.1 Å². The van der Waals surface area contributed by atoms with Crippen LogP contribution in [0.15, 0.2) is 0 Å². The van der Waals surface area contributed by atoms with E-state index in [1.165, 1.54) is 0 Å². The number of carboxylic acid groups (broad SMARTS) is 1. The molecule has 5 heteroatoms. The summed E-state index contributed by atoms with van der Waals surface area (Å²) in [5, 5.41) is 12.4. The smallest absolute Gasteiger partial charge is 0.323 e. The van der Waals surface area contributed by atoms with Crippen LogP contribution in [0.1, 0.15) is 40.0 Å². The Bertz CT molecular complexity index is 306. The molecular weight excluding hydrogens is 254 g/mol. The molecule has 0 aromatic rings. The van der Waals surface area contributed by atoms with Gasteiger partial charge in [-0.25, -0.2) is 0 Å². The molecular formula is C15H31N3O2. The summed E-state index contributed by atoms with van der Waals surface area (Å²) in [6.07, 6.45) is 2.23. The molecule has 20 heavy (non-hydrogen) atoms. The summed E-state index contributed by atoms with van der Waals surface area (Å²) in [5.74, 6) is -0.734. The van der Waals surface area contributed by atoms with E-state index in [0.29, 0.717) is 24.9 Å². The highest BCUT2D eigenvalue weighted by Gasteiger charge is 2.34. The molecule has 0 spiro atoms. The van der Waals surface area contributed by atoms with E-state index in [2.05, 4.69) is 36.0 Å². The summed E-state index contributed by atoms with van der Waals surface area (Å²) in [6.45, 7) is 9.58. The molecule has 1 aliphatic heterocycles. The van der Waals surface area contributed by atoms with Gasteiger partial charge < -0.3 is 15.3 Å². The lowest BCUT2D eigenvalue weighted by Gasteiger charge is -2.42. The van der Waals surface area contributed by atoms with Crippen molar-refractivity contribution in [2.45, 2.75) is 57.7 Å². The predicted molar refractivity (Wildman–Crippen MR) is 82.1 cm³/mol. The number of hydrogen-bond donors (Lipinski definition) is 2. The van der Waals surface area contributed by atoms with Gasteiger partial charge in [-0.15, -0.1) is 0 Å². The lowest BCUT2D eigenvalue weighted by Crippen LogP contribution is -2.55. The third-order valence-corrected chi connectivity index (χ3v) is 5.00. The Balaban J connectivity index is 2.46. The maximum atomic E-state index is 11.4. The van der Waals surface area contributed by atoms with Crippen molar-refractivity contribution in [3.8, 4) is 0 Å². The molecule has 5 nitrogen and oxygen atoms in total. The second-order valence-electron chi connectivity index (χ2n) is 6.22. The van der Waals surface area contributed by atoms with Crippen LogP contribution < -0.4 is 5.32 Å². The fourth-order valence-electron chi connectivity index (χ4n) is 3.14. The number of aliphatic carboxylic acids is 1. The summed E-state index contributed by atoms with van der Waals surface area (Å²) in [4.78, 5) is 16.3. The zero-order valence-corrected chi connectivity index (χ0v) is 13.6. The maximum Gasteiger partial charge on any atom is 0.323 e.